The van der Waals surface area contributed by atoms with Gasteiger partial charge in [-0.3, -0.25) is 4.68 Å². The fourth-order valence-electron chi connectivity index (χ4n) is 1.63. The maximum Gasteiger partial charge on any atom is 0.363 e. The van der Waals surface area contributed by atoms with Crippen LogP contribution in [0.4, 0.5) is 0 Å². The van der Waals surface area contributed by atoms with E-state index in [9.17, 15) is 4.79 Å². The van der Waals surface area contributed by atoms with Crippen LogP contribution in [0.2, 0.25) is 0 Å². The zero-order valence-electron chi connectivity index (χ0n) is 11.0. The van der Waals surface area contributed by atoms with Gasteiger partial charge in [0.05, 0.1) is 13.2 Å². The minimum absolute atomic E-state index is 0.272. The third kappa shape index (κ3) is 3.99. The van der Waals surface area contributed by atoms with E-state index in [-0.39, 0.29) is 6.61 Å². The van der Waals surface area contributed by atoms with Crippen LogP contribution in [-0.4, -0.2) is 27.9 Å². The van der Waals surface area contributed by atoms with Crippen LogP contribution in [0, 0.1) is 0 Å². The first kappa shape index (κ1) is 14.4. The Balaban J connectivity index is 1.92. The van der Waals surface area contributed by atoms with Crippen LogP contribution in [0.1, 0.15) is 12.5 Å². The molecule has 0 bridgehead atoms. The van der Waals surface area contributed by atoms with Gasteiger partial charge in [0.2, 0.25) is 0 Å². The lowest BCUT2D eigenvalue weighted by molar-refractivity contribution is -0.147. The van der Waals surface area contributed by atoms with E-state index in [1.54, 1.807) is 25.3 Å². The van der Waals surface area contributed by atoms with Crippen LogP contribution < -0.4 is 4.74 Å². The Hall–Kier alpha value is -2.01. The fourth-order valence-corrected chi connectivity index (χ4v) is 1.80. The van der Waals surface area contributed by atoms with Gasteiger partial charge in [-0.1, -0.05) is 23.7 Å². The third-order valence-corrected chi connectivity index (χ3v) is 2.81. The summed E-state index contributed by atoms with van der Waals surface area (Å²) in [6.45, 7) is 2.66. The Morgan fingerprint density at radius 2 is 2.15 bits per heavy atom. The van der Waals surface area contributed by atoms with E-state index in [1.165, 1.54) is 0 Å². The molecule has 0 radical (unpaired) electrons. The third-order valence-electron chi connectivity index (χ3n) is 2.54. The van der Waals surface area contributed by atoms with Crippen LogP contribution in [-0.2, 0) is 16.1 Å². The van der Waals surface area contributed by atoms with Gasteiger partial charge < -0.3 is 9.47 Å². The summed E-state index contributed by atoms with van der Waals surface area (Å²) in [5.41, 5.74) is -0.0600. The van der Waals surface area contributed by atoms with Gasteiger partial charge in [-0.2, -0.15) is 5.10 Å². The molecule has 1 aromatic heterocycles. The molecule has 0 N–H and O–H groups in total. The zero-order chi connectivity index (χ0) is 14.4. The molecular formula is C14H15ClN2O3. The van der Waals surface area contributed by atoms with Crippen LogP contribution in [0.5, 0.6) is 5.75 Å². The van der Waals surface area contributed by atoms with Crippen LogP contribution >= 0.6 is 11.6 Å². The van der Waals surface area contributed by atoms with Gasteiger partial charge in [-0.25, -0.2) is 4.79 Å². The van der Waals surface area contributed by atoms with E-state index in [1.807, 2.05) is 29.1 Å². The van der Waals surface area contributed by atoms with Crippen LogP contribution in [0.15, 0.2) is 42.7 Å². The number of halogens is 1. The first-order valence-electron chi connectivity index (χ1n) is 6.22. The number of ether oxygens (including phenoxy) is 2. The highest BCUT2D eigenvalue weighted by atomic mass is 35.5. The minimum Gasteiger partial charge on any atom is -0.463 e. The molecule has 0 aliphatic carbocycles. The number of carbonyl (C=O) groups excluding carboxylic acids is 1. The highest BCUT2D eigenvalue weighted by Gasteiger charge is 2.18. The highest BCUT2D eigenvalue weighted by Crippen LogP contribution is 2.16. The normalized spacial score (nSPS) is 11.9. The molecule has 1 heterocycles. The van der Waals surface area contributed by atoms with Gasteiger partial charge in [-0.05, 0) is 30.7 Å². The van der Waals surface area contributed by atoms with Crippen molar-refractivity contribution in [2.24, 2.45) is 0 Å². The molecule has 1 aromatic carbocycles. The molecule has 1 atom stereocenters. The summed E-state index contributed by atoms with van der Waals surface area (Å²) in [7, 11) is 0. The Kier molecular flexibility index (Phi) is 5.01. The first-order chi connectivity index (χ1) is 9.69. The SMILES string of the molecule is CCOC(=O)C(Cl)Oc1ccc(Cn2cccn2)cc1. The molecular weight excluding hydrogens is 280 g/mol. The van der Waals surface area contributed by atoms with E-state index in [4.69, 9.17) is 21.1 Å². The number of esters is 1. The van der Waals surface area contributed by atoms with Crippen molar-refractivity contribution in [3.63, 3.8) is 0 Å². The van der Waals surface area contributed by atoms with Crippen molar-refractivity contribution in [1.82, 2.24) is 9.78 Å². The van der Waals surface area contributed by atoms with Gasteiger partial charge in [0.15, 0.2) is 0 Å². The summed E-state index contributed by atoms with van der Waals surface area (Å²) >= 11 is 5.79. The lowest BCUT2D eigenvalue weighted by atomic mass is 10.2. The molecule has 0 amide bonds. The standard InChI is InChI=1S/C14H15ClN2O3/c1-2-19-14(18)13(15)20-12-6-4-11(5-7-12)10-17-9-3-8-16-17/h3-9,13H,2,10H2,1H3. The molecule has 2 aromatic rings. The predicted molar refractivity (Wildman–Crippen MR) is 74.7 cm³/mol. The Morgan fingerprint density at radius 1 is 1.40 bits per heavy atom. The second kappa shape index (κ2) is 6.96. The van der Waals surface area contributed by atoms with Crippen molar-refractivity contribution in [1.29, 1.82) is 0 Å². The average molecular weight is 295 g/mol. The van der Waals surface area contributed by atoms with Gasteiger partial charge in [0.1, 0.15) is 5.75 Å². The maximum absolute atomic E-state index is 11.3. The molecule has 0 saturated heterocycles. The monoisotopic (exact) mass is 294 g/mol. The number of carbonyl (C=O) groups is 1. The first-order valence-corrected chi connectivity index (χ1v) is 6.66. The number of rotatable bonds is 6. The van der Waals surface area contributed by atoms with E-state index >= 15 is 0 Å². The van der Waals surface area contributed by atoms with Gasteiger partial charge >= 0.3 is 5.97 Å². The second-order valence-corrected chi connectivity index (χ2v) is 4.43. The van der Waals surface area contributed by atoms with Crippen molar-refractivity contribution in [3.8, 4) is 5.75 Å². The summed E-state index contributed by atoms with van der Waals surface area (Å²) in [5.74, 6) is -0.0722. The molecule has 2 rings (SSSR count). The highest BCUT2D eigenvalue weighted by molar-refractivity contribution is 6.28. The van der Waals surface area contributed by atoms with Crippen molar-refractivity contribution in [2.75, 3.05) is 6.61 Å². The molecule has 106 valence electrons. The van der Waals surface area contributed by atoms with Gasteiger partial charge in [0.25, 0.3) is 5.56 Å². The van der Waals surface area contributed by atoms with Crippen molar-refractivity contribution < 1.29 is 14.3 Å². The predicted octanol–water partition coefficient (Wildman–Crippen LogP) is 2.44. The van der Waals surface area contributed by atoms with Crippen LogP contribution in [0.3, 0.4) is 0 Å². The smallest absolute Gasteiger partial charge is 0.363 e. The Bertz CT molecular complexity index is 540. The van der Waals surface area contributed by atoms with E-state index < -0.39 is 11.5 Å². The van der Waals surface area contributed by atoms with Crippen molar-refractivity contribution in [2.45, 2.75) is 19.0 Å². The molecule has 1 unspecified atom stereocenters. The average Bonchev–Trinajstić information content (AvgIpc) is 2.94. The quantitative estimate of drug-likeness (QED) is 0.606. The number of aromatic nitrogens is 2. The maximum atomic E-state index is 11.3. The number of alkyl halides is 1. The zero-order valence-corrected chi connectivity index (χ0v) is 11.8. The van der Waals surface area contributed by atoms with E-state index in [2.05, 4.69) is 5.10 Å². The topological polar surface area (TPSA) is 53.4 Å². The number of nitrogens with zero attached hydrogens (tertiary/aromatic N) is 2. The number of benzene rings is 1. The molecule has 20 heavy (non-hydrogen) atoms. The largest absolute Gasteiger partial charge is 0.463 e. The molecule has 0 saturated carbocycles. The summed E-state index contributed by atoms with van der Waals surface area (Å²) < 4.78 is 11.9. The molecule has 0 spiro atoms. The summed E-state index contributed by atoms with van der Waals surface area (Å²) in [4.78, 5) is 11.3. The minimum atomic E-state index is -1.13. The molecule has 0 fully saturated rings. The lowest BCUT2D eigenvalue weighted by Gasteiger charge is -2.11. The molecule has 0 aliphatic heterocycles. The lowest BCUT2D eigenvalue weighted by Crippen LogP contribution is -2.23. The van der Waals surface area contributed by atoms with Crippen molar-refractivity contribution >= 4 is 17.6 Å². The number of hydrogen-bond acceptors (Lipinski definition) is 4. The summed E-state index contributed by atoms with van der Waals surface area (Å²) in [5, 5.41) is 4.13. The number of hydrogen-bond donors (Lipinski definition) is 0. The molecule has 5 nitrogen and oxygen atoms in total. The summed E-state index contributed by atoms with van der Waals surface area (Å²) in [6, 6.07) is 9.17. The van der Waals surface area contributed by atoms with E-state index in [0.29, 0.717) is 12.3 Å². The molecule has 0 aliphatic rings. The van der Waals surface area contributed by atoms with Gasteiger partial charge in [0, 0.05) is 12.4 Å². The van der Waals surface area contributed by atoms with Crippen LogP contribution in [0.25, 0.3) is 0 Å². The molecule has 6 heteroatoms. The Morgan fingerprint density at radius 3 is 2.75 bits per heavy atom. The Labute approximate surface area is 122 Å². The summed E-state index contributed by atoms with van der Waals surface area (Å²) in [6.07, 6.45) is 3.62. The van der Waals surface area contributed by atoms with Gasteiger partial charge in [-0.15, -0.1) is 0 Å². The van der Waals surface area contributed by atoms with Crippen molar-refractivity contribution in [3.05, 3.63) is 48.3 Å². The fraction of sp³-hybridized carbons (Fsp3) is 0.286. The second-order valence-electron chi connectivity index (χ2n) is 4.03. The van der Waals surface area contributed by atoms with E-state index in [0.717, 1.165) is 5.56 Å².